The van der Waals surface area contributed by atoms with E-state index in [2.05, 4.69) is 41.0 Å². The van der Waals surface area contributed by atoms with Crippen LogP contribution in [-0.4, -0.2) is 42.0 Å². The van der Waals surface area contributed by atoms with Crippen molar-refractivity contribution in [2.24, 2.45) is 0 Å². The van der Waals surface area contributed by atoms with Gasteiger partial charge in [-0.05, 0) is 86.8 Å². The number of benzene rings is 2. The van der Waals surface area contributed by atoms with Gasteiger partial charge < -0.3 is 15.8 Å². The first-order valence-corrected chi connectivity index (χ1v) is 11.5. The van der Waals surface area contributed by atoms with Gasteiger partial charge in [0.1, 0.15) is 12.4 Å². The number of pyridine rings is 1. The van der Waals surface area contributed by atoms with Gasteiger partial charge in [0.15, 0.2) is 0 Å². The molecule has 2 fully saturated rings. The number of ether oxygens (including phenoxy) is 1. The predicted molar refractivity (Wildman–Crippen MR) is 132 cm³/mol. The molecule has 1 aromatic heterocycles. The number of likely N-dealkylation sites (tertiary alicyclic amines) is 1. The number of hydrogen-bond acceptors (Lipinski definition) is 5. The normalized spacial score (nSPS) is 19.0. The summed E-state index contributed by atoms with van der Waals surface area (Å²) in [6, 6.07) is 12.2. The fourth-order valence-corrected chi connectivity index (χ4v) is 4.64. The van der Waals surface area contributed by atoms with Gasteiger partial charge in [-0.1, -0.05) is 18.7 Å². The van der Waals surface area contributed by atoms with E-state index in [0.717, 1.165) is 53.4 Å². The van der Waals surface area contributed by atoms with Gasteiger partial charge in [0, 0.05) is 23.2 Å². The van der Waals surface area contributed by atoms with E-state index in [0.29, 0.717) is 29.6 Å². The standard InChI is InChI=1S/C27H30N4O2/c1-4-18-13-22(20-6-5-10-29-24(20)14-18)27(8-9-27)30-26(32)21-15-25(23(28)12-17(21)2)33-16-19-7-11-31(19)3/h4-6,10,12-15,19H,1,7-9,11,16,28H2,2-3H3,(H,30,32). The van der Waals surface area contributed by atoms with Crippen molar-refractivity contribution >= 4 is 28.6 Å². The second-order valence-corrected chi connectivity index (χ2v) is 9.32. The van der Waals surface area contributed by atoms with Crippen LogP contribution in [0.3, 0.4) is 0 Å². The molecule has 1 amide bonds. The van der Waals surface area contributed by atoms with E-state index in [4.69, 9.17) is 10.5 Å². The molecule has 1 atom stereocenters. The van der Waals surface area contributed by atoms with Crippen LogP contribution in [0.2, 0.25) is 0 Å². The average molecular weight is 443 g/mol. The van der Waals surface area contributed by atoms with Crippen molar-refractivity contribution in [1.82, 2.24) is 15.2 Å². The van der Waals surface area contributed by atoms with Crippen LogP contribution in [0.5, 0.6) is 5.75 Å². The molecule has 1 aliphatic carbocycles. The van der Waals surface area contributed by atoms with Crippen LogP contribution in [0.4, 0.5) is 5.69 Å². The number of carbonyl (C=O) groups is 1. The lowest BCUT2D eigenvalue weighted by Crippen LogP contribution is -2.48. The molecular formula is C27H30N4O2. The number of nitrogen functional groups attached to an aromatic ring is 1. The van der Waals surface area contributed by atoms with E-state index in [9.17, 15) is 4.79 Å². The molecule has 0 radical (unpaired) electrons. The van der Waals surface area contributed by atoms with Crippen LogP contribution in [-0.2, 0) is 5.54 Å². The van der Waals surface area contributed by atoms with Gasteiger partial charge in [0.05, 0.1) is 16.7 Å². The number of hydrogen-bond donors (Lipinski definition) is 2. The average Bonchev–Trinajstić information content (AvgIpc) is 3.58. The highest BCUT2D eigenvalue weighted by atomic mass is 16.5. The van der Waals surface area contributed by atoms with Crippen LogP contribution in [0.25, 0.3) is 17.0 Å². The SMILES string of the molecule is C=Cc1cc(C2(NC(=O)c3cc(OCC4CCN4C)c(N)cc3C)CC2)c2cccnc2c1. The molecule has 2 aromatic carbocycles. The van der Waals surface area contributed by atoms with Crippen molar-refractivity contribution < 1.29 is 9.53 Å². The minimum absolute atomic E-state index is 0.114. The highest BCUT2D eigenvalue weighted by Gasteiger charge is 2.47. The van der Waals surface area contributed by atoms with Crippen molar-refractivity contribution in [2.45, 2.75) is 37.8 Å². The third-order valence-corrected chi connectivity index (χ3v) is 7.07. The molecule has 6 heteroatoms. The minimum Gasteiger partial charge on any atom is -0.490 e. The van der Waals surface area contributed by atoms with Crippen molar-refractivity contribution in [3.05, 3.63) is 71.4 Å². The first-order valence-electron chi connectivity index (χ1n) is 11.5. The number of anilines is 1. The molecule has 5 rings (SSSR count). The number of aryl methyl sites for hydroxylation is 1. The quantitative estimate of drug-likeness (QED) is 0.534. The Hall–Kier alpha value is -3.38. The Labute approximate surface area is 194 Å². The zero-order valence-corrected chi connectivity index (χ0v) is 19.2. The van der Waals surface area contributed by atoms with Crippen molar-refractivity contribution in [3.63, 3.8) is 0 Å². The Bertz CT molecular complexity index is 1250. The van der Waals surface area contributed by atoms with Crippen molar-refractivity contribution in [2.75, 3.05) is 25.9 Å². The maximum absolute atomic E-state index is 13.5. The smallest absolute Gasteiger partial charge is 0.252 e. The summed E-state index contributed by atoms with van der Waals surface area (Å²) in [5.74, 6) is 0.455. The van der Waals surface area contributed by atoms with Gasteiger partial charge in [-0.2, -0.15) is 0 Å². The molecule has 2 aliphatic rings. The summed E-state index contributed by atoms with van der Waals surface area (Å²) in [5.41, 5.74) is 10.8. The molecule has 6 nitrogen and oxygen atoms in total. The number of likely N-dealkylation sites (N-methyl/N-ethyl adjacent to an activating group) is 1. The van der Waals surface area contributed by atoms with Crippen LogP contribution in [0, 0.1) is 6.92 Å². The lowest BCUT2D eigenvalue weighted by atomic mass is 9.95. The van der Waals surface area contributed by atoms with E-state index < -0.39 is 5.54 Å². The molecule has 1 unspecified atom stereocenters. The minimum atomic E-state index is -0.402. The molecule has 1 aliphatic heterocycles. The third kappa shape index (κ3) is 3.95. The van der Waals surface area contributed by atoms with Crippen LogP contribution >= 0.6 is 0 Å². The lowest BCUT2D eigenvalue weighted by Gasteiger charge is -2.37. The van der Waals surface area contributed by atoms with Gasteiger partial charge in [-0.15, -0.1) is 0 Å². The second-order valence-electron chi connectivity index (χ2n) is 9.32. The van der Waals surface area contributed by atoms with Gasteiger partial charge in [0.2, 0.25) is 0 Å². The largest absolute Gasteiger partial charge is 0.490 e. The van der Waals surface area contributed by atoms with Crippen LogP contribution < -0.4 is 15.8 Å². The Kier molecular flexibility index (Phi) is 5.33. The zero-order valence-electron chi connectivity index (χ0n) is 19.2. The molecule has 3 N–H and O–H groups in total. The van der Waals surface area contributed by atoms with Crippen molar-refractivity contribution in [3.8, 4) is 5.75 Å². The zero-order chi connectivity index (χ0) is 23.2. The van der Waals surface area contributed by atoms with Crippen LogP contribution in [0.1, 0.15) is 46.3 Å². The summed E-state index contributed by atoms with van der Waals surface area (Å²) in [5, 5.41) is 4.38. The molecule has 1 saturated carbocycles. The summed E-state index contributed by atoms with van der Waals surface area (Å²) in [6.45, 7) is 7.49. The Balaban J connectivity index is 1.42. The fourth-order valence-electron chi connectivity index (χ4n) is 4.64. The number of carbonyl (C=O) groups excluding carboxylic acids is 1. The molecule has 2 heterocycles. The van der Waals surface area contributed by atoms with E-state index in [1.807, 2.05) is 31.2 Å². The molecule has 1 saturated heterocycles. The molecule has 3 aromatic rings. The van der Waals surface area contributed by atoms with E-state index in [1.165, 1.54) is 0 Å². The van der Waals surface area contributed by atoms with E-state index >= 15 is 0 Å². The maximum Gasteiger partial charge on any atom is 0.252 e. The predicted octanol–water partition coefficient (Wildman–Crippen LogP) is 4.27. The maximum atomic E-state index is 13.5. The van der Waals surface area contributed by atoms with Crippen LogP contribution in [0.15, 0.2) is 49.2 Å². The lowest BCUT2D eigenvalue weighted by molar-refractivity contribution is 0.0770. The summed E-state index contributed by atoms with van der Waals surface area (Å²) in [4.78, 5) is 20.2. The molecular weight excluding hydrogens is 412 g/mol. The third-order valence-electron chi connectivity index (χ3n) is 7.07. The first-order chi connectivity index (χ1) is 15.9. The summed E-state index contributed by atoms with van der Waals surface area (Å²) in [6.07, 6.45) is 6.49. The Morgan fingerprint density at radius 2 is 2.18 bits per heavy atom. The van der Waals surface area contributed by atoms with E-state index in [-0.39, 0.29) is 5.91 Å². The Morgan fingerprint density at radius 3 is 2.85 bits per heavy atom. The number of fused-ring (bicyclic) bond motifs is 1. The first kappa shape index (κ1) is 21.5. The number of amides is 1. The number of nitrogens with two attached hydrogens (primary N) is 1. The van der Waals surface area contributed by atoms with Gasteiger partial charge in [-0.25, -0.2) is 0 Å². The molecule has 0 spiro atoms. The number of aromatic nitrogens is 1. The van der Waals surface area contributed by atoms with Crippen molar-refractivity contribution in [1.29, 1.82) is 0 Å². The molecule has 0 bridgehead atoms. The highest BCUT2D eigenvalue weighted by Crippen LogP contribution is 2.48. The molecule has 33 heavy (non-hydrogen) atoms. The number of nitrogens with zero attached hydrogens (tertiary/aromatic N) is 2. The fraction of sp³-hybridized carbons (Fsp3) is 0.333. The molecule has 170 valence electrons. The summed E-state index contributed by atoms with van der Waals surface area (Å²) < 4.78 is 6.01. The Morgan fingerprint density at radius 1 is 1.36 bits per heavy atom. The van der Waals surface area contributed by atoms with E-state index in [1.54, 1.807) is 12.3 Å². The topological polar surface area (TPSA) is 80.5 Å². The highest BCUT2D eigenvalue weighted by molar-refractivity contribution is 5.98. The van der Waals surface area contributed by atoms with Gasteiger partial charge >= 0.3 is 0 Å². The van der Waals surface area contributed by atoms with Gasteiger partial charge in [0.25, 0.3) is 5.91 Å². The monoisotopic (exact) mass is 442 g/mol. The van der Waals surface area contributed by atoms with Gasteiger partial charge in [-0.3, -0.25) is 14.7 Å². The number of rotatable bonds is 7. The summed E-state index contributed by atoms with van der Waals surface area (Å²) in [7, 11) is 2.09. The second kappa shape index (κ2) is 8.19. The summed E-state index contributed by atoms with van der Waals surface area (Å²) >= 11 is 0. The number of nitrogens with one attached hydrogen (secondary N) is 1.